The van der Waals surface area contributed by atoms with Gasteiger partial charge >= 0.3 is 12.0 Å². The van der Waals surface area contributed by atoms with Gasteiger partial charge in [0.2, 0.25) is 0 Å². The van der Waals surface area contributed by atoms with Crippen LogP contribution in [0.1, 0.15) is 18.5 Å². The summed E-state index contributed by atoms with van der Waals surface area (Å²) in [4.78, 5) is 39.1. The quantitative estimate of drug-likeness (QED) is 0.438. The summed E-state index contributed by atoms with van der Waals surface area (Å²) in [5.74, 6) is -0.642. The molecular weight excluding hydrogens is 356 g/mol. The Balaban J connectivity index is 2.08. The maximum absolute atomic E-state index is 12.6. The van der Waals surface area contributed by atoms with Crippen LogP contribution in [0.5, 0.6) is 0 Å². The second kappa shape index (κ2) is 7.64. The molecule has 1 unspecified atom stereocenters. The molecule has 0 aliphatic carbocycles. The molecule has 1 aromatic heterocycles. The van der Waals surface area contributed by atoms with Gasteiger partial charge in [0.25, 0.3) is 5.69 Å². The van der Waals surface area contributed by atoms with E-state index in [1.165, 1.54) is 35.5 Å². The minimum absolute atomic E-state index is 0.0764. The van der Waals surface area contributed by atoms with Crippen LogP contribution in [0.15, 0.2) is 48.2 Å². The number of benzene rings is 1. The minimum Gasteiger partial charge on any atom is -0.463 e. The number of nitro groups is 1. The third kappa shape index (κ3) is 3.92. The second-order valence-corrected chi connectivity index (χ2v) is 5.59. The molecule has 2 heterocycles. The first-order chi connectivity index (χ1) is 13.0. The second-order valence-electron chi connectivity index (χ2n) is 5.59. The lowest BCUT2D eigenvalue weighted by Crippen LogP contribution is -2.46. The lowest BCUT2D eigenvalue weighted by atomic mass is 9.94. The SMILES string of the molecule is CCOC(=O)C1=C(Cn2cncn2)NC(=O)NC1c1cccc([N+](=O)[O-])c1. The molecular formula is C16H16N6O5. The Morgan fingerprint density at radius 2 is 2.26 bits per heavy atom. The van der Waals surface area contributed by atoms with E-state index in [2.05, 4.69) is 20.7 Å². The first-order valence-electron chi connectivity index (χ1n) is 8.04. The van der Waals surface area contributed by atoms with Gasteiger partial charge in [-0.3, -0.25) is 10.1 Å². The number of nitrogens with one attached hydrogen (secondary N) is 2. The number of rotatable bonds is 6. The highest BCUT2D eigenvalue weighted by Crippen LogP contribution is 2.30. The van der Waals surface area contributed by atoms with Crippen molar-refractivity contribution >= 4 is 17.7 Å². The fourth-order valence-corrected chi connectivity index (χ4v) is 2.74. The minimum atomic E-state index is -0.906. The molecule has 27 heavy (non-hydrogen) atoms. The maximum Gasteiger partial charge on any atom is 0.338 e. The number of carbonyl (C=O) groups is 2. The first-order valence-corrected chi connectivity index (χ1v) is 8.04. The van der Waals surface area contributed by atoms with Crippen molar-refractivity contribution in [3.05, 3.63) is 63.9 Å². The monoisotopic (exact) mass is 372 g/mol. The van der Waals surface area contributed by atoms with Gasteiger partial charge in [-0.25, -0.2) is 19.3 Å². The van der Waals surface area contributed by atoms with Crippen LogP contribution >= 0.6 is 0 Å². The molecule has 0 radical (unpaired) electrons. The number of esters is 1. The van der Waals surface area contributed by atoms with E-state index in [0.717, 1.165) is 0 Å². The molecule has 0 saturated heterocycles. The van der Waals surface area contributed by atoms with Crippen molar-refractivity contribution in [2.75, 3.05) is 6.61 Å². The van der Waals surface area contributed by atoms with Crippen molar-refractivity contribution in [2.45, 2.75) is 19.5 Å². The van der Waals surface area contributed by atoms with Crippen LogP contribution in [0, 0.1) is 10.1 Å². The molecule has 1 aromatic carbocycles. The number of amides is 2. The zero-order chi connectivity index (χ0) is 19.4. The summed E-state index contributed by atoms with van der Waals surface area (Å²) in [6.45, 7) is 1.87. The fraction of sp³-hybridized carbons (Fsp3) is 0.250. The standard InChI is InChI=1S/C16H16N6O5/c1-2-27-15(23)13-12(7-21-9-17-8-18-21)19-16(24)20-14(13)10-4-3-5-11(6-10)22(25)26/h3-6,8-9,14H,2,7H2,1H3,(H2,19,20,24). The molecule has 3 rings (SSSR count). The number of allylic oxidation sites excluding steroid dienone is 1. The van der Waals surface area contributed by atoms with E-state index in [1.54, 1.807) is 13.0 Å². The van der Waals surface area contributed by atoms with Gasteiger partial charge in [-0.15, -0.1) is 0 Å². The highest BCUT2D eigenvalue weighted by Gasteiger charge is 2.34. The molecule has 1 aliphatic rings. The summed E-state index contributed by atoms with van der Waals surface area (Å²) in [6.07, 6.45) is 2.76. The van der Waals surface area contributed by atoms with Crippen molar-refractivity contribution in [3.8, 4) is 0 Å². The average Bonchev–Trinajstić information content (AvgIpc) is 3.14. The van der Waals surface area contributed by atoms with Gasteiger partial charge in [-0.1, -0.05) is 12.1 Å². The largest absolute Gasteiger partial charge is 0.463 e. The number of ether oxygens (including phenoxy) is 1. The predicted molar refractivity (Wildman–Crippen MR) is 91.2 cm³/mol. The maximum atomic E-state index is 12.6. The van der Waals surface area contributed by atoms with Gasteiger partial charge in [0, 0.05) is 12.1 Å². The van der Waals surface area contributed by atoms with Gasteiger partial charge < -0.3 is 15.4 Å². The van der Waals surface area contributed by atoms with Crippen LogP contribution in [0.4, 0.5) is 10.5 Å². The molecule has 0 fully saturated rings. The zero-order valence-electron chi connectivity index (χ0n) is 14.3. The number of hydrogen-bond acceptors (Lipinski definition) is 7. The van der Waals surface area contributed by atoms with Crippen LogP contribution in [-0.4, -0.2) is 38.3 Å². The normalized spacial score (nSPS) is 16.5. The highest BCUT2D eigenvalue weighted by atomic mass is 16.6. The van der Waals surface area contributed by atoms with E-state index in [1.807, 2.05) is 0 Å². The Morgan fingerprint density at radius 1 is 1.44 bits per heavy atom. The van der Waals surface area contributed by atoms with Crippen molar-refractivity contribution in [3.63, 3.8) is 0 Å². The van der Waals surface area contributed by atoms with Crippen LogP contribution < -0.4 is 10.6 Å². The summed E-state index contributed by atoms with van der Waals surface area (Å²) in [6, 6.07) is 4.27. The van der Waals surface area contributed by atoms with Crippen molar-refractivity contribution < 1.29 is 19.2 Å². The van der Waals surface area contributed by atoms with Crippen molar-refractivity contribution in [1.82, 2.24) is 25.4 Å². The van der Waals surface area contributed by atoms with Gasteiger partial charge in [0.05, 0.1) is 35.4 Å². The molecule has 140 valence electrons. The van der Waals surface area contributed by atoms with E-state index in [9.17, 15) is 19.7 Å². The number of non-ortho nitro benzene ring substituents is 1. The number of nitrogens with zero attached hydrogens (tertiary/aromatic N) is 4. The Morgan fingerprint density at radius 3 is 2.93 bits per heavy atom. The van der Waals surface area contributed by atoms with Gasteiger partial charge in [0.1, 0.15) is 12.7 Å². The Labute approximate surface area is 153 Å². The highest BCUT2D eigenvalue weighted by molar-refractivity contribution is 5.95. The zero-order valence-corrected chi connectivity index (χ0v) is 14.3. The van der Waals surface area contributed by atoms with E-state index in [0.29, 0.717) is 5.56 Å². The van der Waals surface area contributed by atoms with Gasteiger partial charge in [-0.05, 0) is 12.5 Å². The smallest absolute Gasteiger partial charge is 0.338 e. The summed E-state index contributed by atoms with van der Waals surface area (Å²) >= 11 is 0. The summed E-state index contributed by atoms with van der Waals surface area (Å²) in [5, 5.41) is 20.3. The molecule has 0 saturated carbocycles. The molecule has 2 N–H and O–H groups in total. The Kier molecular flexibility index (Phi) is 5.11. The fourth-order valence-electron chi connectivity index (χ4n) is 2.74. The topological polar surface area (TPSA) is 141 Å². The molecule has 1 aliphatic heterocycles. The molecule has 2 amide bonds. The number of urea groups is 1. The summed E-state index contributed by atoms with van der Waals surface area (Å²) in [7, 11) is 0. The lowest BCUT2D eigenvalue weighted by Gasteiger charge is -2.29. The lowest BCUT2D eigenvalue weighted by molar-refractivity contribution is -0.384. The van der Waals surface area contributed by atoms with E-state index < -0.39 is 23.0 Å². The summed E-state index contributed by atoms with van der Waals surface area (Å²) < 4.78 is 6.56. The van der Waals surface area contributed by atoms with Crippen molar-refractivity contribution in [1.29, 1.82) is 0 Å². The van der Waals surface area contributed by atoms with Crippen LogP contribution in [0.3, 0.4) is 0 Å². The van der Waals surface area contributed by atoms with Crippen LogP contribution in [0.25, 0.3) is 0 Å². The third-order valence-corrected chi connectivity index (χ3v) is 3.85. The number of aromatic nitrogens is 3. The molecule has 0 spiro atoms. The molecule has 11 nitrogen and oxygen atoms in total. The van der Waals surface area contributed by atoms with Crippen molar-refractivity contribution in [2.24, 2.45) is 0 Å². The van der Waals surface area contributed by atoms with E-state index in [4.69, 9.17) is 4.74 Å². The van der Waals surface area contributed by atoms with E-state index >= 15 is 0 Å². The number of hydrogen-bond donors (Lipinski definition) is 2. The molecule has 1 atom stereocenters. The van der Waals surface area contributed by atoms with Crippen LogP contribution in [-0.2, 0) is 16.1 Å². The third-order valence-electron chi connectivity index (χ3n) is 3.85. The Bertz CT molecular complexity index is 908. The Hall–Kier alpha value is -3.76. The van der Waals surface area contributed by atoms with E-state index in [-0.39, 0.29) is 30.1 Å². The predicted octanol–water partition coefficient (Wildman–Crippen LogP) is 1.06. The molecule has 11 heteroatoms. The van der Waals surface area contributed by atoms with Gasteiger partial charge in [-0.2, -0.15) is 5.10 Å². The number of carbonyl (C=O) groups excluding carboxylic acids is 2. The summed E-state index contributed by atoms with van der Waals surface area (Å²) in [5.41, 5.74) is 0.658. The first kappa shape index (κ1) is 18.0. The molecule has 2 aromatic rings. The number of nitro benzene ring substituents is 1. The van der Waals surface area contributed by atoms with Crippen LogP contribution in [0.2, 0.25) is 0 Å². The van der Waals surface area contributed by atoms with Gasteiger partial charge in [0.15, 0.2) is 0 Å². The molecule has 0 bridgehead atoms. The average molecular weight is 372 g/mol.